The predicted molar refractivity (Wildman–Crippen MR) is 223 cm³/mol. The lowest BCUT2D eigenvalue weighted by atomic mass is 9.66. The molecule has 0 unspecified atom stereocenters. The molecule has 4 nitrogen and oxygen atoms in total. The Morgan fingerprint density at radius 1 is 0.429 bits per heavy atom. The largest absolute Gasteiger partial charge is 0.457 e. The molecular formula is C52H31N3O. The van der Waals surface area contributed by atoms with Gasteiger partial charge in [0.25, 0.3) is 0 Å². The first kappa shape index (κ1) is 31.9. The first-order chi connectivity index (χ1) is 27.7. The Balaban J connectivity index is 1.14. The highest BCUT2D eigenvalue weighted by Crippen LogP contribution is 2.62. The molecule has 1 aliphatic heterocycles. The lowest BCUT2D eigenvalue weighted by Gasteiger charge is -2.39. The first-order valence-corrected chi connectivity index (χ1v) is 18.8. The van der Waals surface area contributed by atoms with Crippen LogP contribution < -0.4 is 4.74 Å². The van der Waals surface area contributed by atoms with Gasteiger partial charge in [0.2, 0.25) is 0 Å². The molecule has 2 aliphatic rings. The molecule has 1 aliphatic carbocycles. The maximum atomic E-state index is 9.82. The Labute approximate surface area is 324 Å². The van der Waals surface area contributed by atoms with Crippen molar-refractivity contribution < 1.29 is 4.74 Å². The third kappa shape index (κ3) is 4.78. The minimum atomic E-state index is -0.534. The van der Waals surface area contributed by atoms with Gasteiger partial charge in [-0.2, -0.15) is 5.26 Å². The highest BCUT2D eigenvalue weighted by atomic mass is 16.5. The standard InChI is InChI=1S/C52H31N3O/c53-32-33-13-12-16-35(27-33)37-28-38(30-39(29-37)51-54-47-23-10-6-19-42(47)50(55-51)34-14-2-1-3-15-34)36-25-26-46-49(31-36)56-48-24-11-9-22-45(48)52(46)43-20-7-4-17-40(43)41-18-5-8-21-44(41)52/h1-31H. The monoisotopic (exact) mass is 713 g/mol. The number of para-hydroxylation sites is 2. The highest BCUT2D eigenvalue weighted by molar-refractivity contribution is 5.94. The molecule has 1 aromatic heterocycles. The number of hydrogen-bond acceptors (Lipinski definition) is 4. The number of ether oxygens (including phenoxy) is 1. The van der Waals surface area contributed by atoms with Crippen LogP contribution in [-0.4, -0.2) is 9.97 Å². The van der Waals surface area contributed by atoms with Gasteiger partial charge >= 0.3 is 0 Å². The van der Waals surface area contributed by atoms with Crippen molar-refractivity contribution in [2.45, 2.75) is 5.41 Å². The van der Waals surface area contributed by atoms with E-state index in [1.165, 1.54) is 22.3 Å². The number of fused-ring (bicyclic) bond motifs is 10. The molecule has 0 saturated carbocycles. The van der Waals surface area contributed by atoms with Crippen LogP contribution in [0.2, 0.25) is 0 Å². The van der Waals surface area contributed by atoms with Gasteiger partial charge in [-0.25, -0.2) is 9.97 Å². The van der Waals surface area contributed by atoms with Gasteiger partial charge in [0.15, 0.2) is 5.82 Å². The van der Waals surface area contributed by atoms with E-state index in [1.54, 1.807) is 0 Å². The summed E-state index contributed by atoms with van der Waals surface area (Å²) in [6.45, 7) is 0. The minimum absolute atomic E-state index is 0.534. The molecule has 56 heavy (non-hydrogen) atoms. The van der Waals surface area contributed by atoms with Gasteiger partial charge in [-0.3, -0.25) is 0 Å². The van der Waals surface area contributed by atoms with Gasteiger partial charge in [0, 0.05) is 27.6 Å². The van der Waals surface area contributed by atoms with Gasteiger partial charge in [-0.1, -0.05) is 140 Å². The normalized spacial score (nSPS) is 12.9. The summed E-state index contributed by atoms with van der Waals surface area (Å²) in [6.07, 6.45) is 0. The Bertz CT molecular complexity index is 3040. The second kappa shape index (κ2) is 12.5. The second-order valence-electron chi connectivity index (χ2n) is 14.4. The fraction of sp³-hybridized carbons (Fsp3) is 0.0192. The van der Waals surface area contributed by atoms with Crippen LogP contribution in [0.4, 0.5) is 0 Å². The lowest BCUT2D eigenvalue weighted by Crippen LogP contribution is -2.32. The van der Waals surface area contributed by atoms with E-state index >= 15 is 0 Å². The molecule has 4 heteroatoms. The number of rotatable bonds is 4. The smallest absolute Gasteiger partial charge is 0.160 e. The Hall–Kier alpha value is -7.61. The molecule has 1 spiro atoms. The van der Waals surface area contributed by atoms with E-state index in [9.17, 15) is 5.26 Å². The van der Waals surface area contributed by atoms with Crippen molar-refractivity contribution in [3.8, 4) is 73.6 Å². The van der Waals surface area contributed by atoms with Gasteiger partial charge < -0.3 is 4.74 Å². The van der Waals surface area contributed by atoms with Crippen LogP contribution >= 0.6 is 0 Å². The van der Waals surface area contributed by atoms with Crippen LogP contribution in [0, 0.1) is 11.3 Å². The average molecular weight is 714 g/mol. The molecule has 260 valence electrons. The fourth-order valence-electron chi connectivity index (χ4n) is 8.92. The molecule has 0 amide bonds. The molecule has 11 rings (SSSR count). The van der Waals surface area contributed by atoms with Gasteiger partial charge in [-0.15, -0.1) is 0 Å². The molecule has 0 saturated heterocycles. The van der Waals surface area contributed by atoms with Crippen LogP contribution in [0.25, 0.3) is 66.9 Å². The van der Waals surface area contributed by atoms with Crippen LogP contribution in [0.5, 0.6) is 11.5 Å². The van der Waals surface area contributed by atoms with Gasteiger partial charge in [-0.05, 0) is 93.0 Å². The quantitative estimate of drug-likeness (QED) is 0.182. The average Bonchev–Trinajstić information content (AvgIpc) is 3.56. The third-order valence-corrected chi connectivity index (χ3v) is 11.3. The minimum Gasteiger partial charge on any atom is -0.457 e. The lowest BCUT2D eigenvalue weighted by molar-refractivity contribution is 0.436. The SMILES string of the molecule is N#Cc1cccc(-c2cc(-c3ccc4c(c3)Oc3ccccc3C43c4ccccc4-c4ccccc43)cc(-c3nc(-c4ccccc4)c4ccccc4n3)c2)c1. The summed E-state index contributed by atoms with van der Waals surface area (Å²) in [7, 11) is 0. The van der Waals surface area contributed by atoms with E-state index in [0.717, 1.165) is 72.6 Å². The molecule has 9 aromatic rings. The van der Waals surface area contributed by atoms with Crippen molar-refractivity contribution in [2.24, 2.45) is 0 Å². The number of nitrogens with zero attached hydrogens (tertiary/aromatic N) is 3. The first-order valence-electron chi connectivity index (χ1n) is 18.8. The number of aromatic nitrogens is 2. The molecule has 0 fully saturated rings. The predicted octanol–water partition coefficient (Wildman–Crippen LogP) is 12.6. The Morgan fingerprint density at radius 3 is 1.80 bits per heavy atom. The molecular weight excluding hydrogens is 683 g/mol. The summed E-state index contributed by atoms with van der Waals surface area (Å²) in [4.78, 5) is 10.4. The molecule has 0 bridgehead atoms. The van der Waals surface area contributed by atoms with Crippen molar-refractivity contribution in [1.82, 2.24) is 9.97 Å². The van der Waals surface area contributed by atoms with Crippen molar-refractivity contribution in [3.05, 3.63) is 216 Å². The maximum Gasteiger partial charge on any atom is 0.160 e. The second-order valence-corrected chi connectivity index (χ2v) is 14.4. The fourth-order valence-corrected chi connectivity index (χ4v) is 8.92. The zero-order valence-corrected chi connectivity index (χ0v) is 30.1. The molecule has 0 N–H and O–H groups in total. The highest BCUT2D eigenvalue weighted by Gasteiger charge is 2.50. The third-order valence-electron chi connectivity index (χ3n) is 11.3. The summed E-state index contributed by atoms with van der Waals surface area (Å²) >= 11 is 0. The molecule has 0 radical (unpaired) electrons. The van der Waals surface area contributed by atoms with E-state index in [0.29, 0.717) is 11.4 Å². The van der Waals surface area contributed by atoms with Crippen LogP contribution in [-0.2, 0) is 5.41 Å². The summed E-state index contributed by atoms with van der Waals surface area (Å²) in [5, 5.41) is 10.8. The van der Waals surface area contributed by atoms with Crippen LogP contribution in [0.3, 0.4) is 0 Å². The summed E-state index contributed by atoms with van der Waals surface area (Å²) in [6, 6.07) is 67.7. The van der Waals surface area contributed by atoms with E-state index < -0.39 is 5.41 Å². The van der Waals surface area contributed by atoms with Crippen molar-refractivity contribution in [2.75, 3.05) is 0 Å². The number of hydrogen-bond donors (Lipinski definition) is 0. The zero-order chi connectivity index (χ0) is 37.2. The van der Waals surface area contributed by atoms with E-state index in [-0.39, 0.29) is 0 Å². The molecule has 2 heterocycles. The molecule has 0 atom stereocenters. The summed E-state index contributed by atoms with van der Waals surface area (Å²) in [5.74, 6) is 2.30. The van der Waals surface area contributed by atoms with Crippen molar-refractivity contribution >= 4 is 10.9 Å². The van der Waals surface area contributed by atoms with E-state index in [4.69, 9.17) is 14.7 Å². The summed E-state index contributed by atoms with van der Waals surface area (Å²) in [5.41, 5.74) is 14.9. The van der Waals surface area contributed by atoms with Gasteiger partial charge in [0.1, 0.15) is 11.5 Å². The van der Waals surface area contributed by atoms with Crippen LogP contribution in [0.15, 0.2) is 188 Å². The van der Waals surface area contributed by atoms with Crippen molar-refractivity contribution in [3.63, 3.8) is 0 Å². The van der Waals surface area contributed by atoms with E-state index in [2.05, 4.69) is 127 Å². The van der Waals surface area contributed by atoms with Crippen LogP contribution in [0.1, 0.15) is 27.8 Å². The Morgan fingerprint density at radius 2 is 1.04 bits per heavy atom. The van der Waals surface area contributed by atoms with Gasteiger partial charge in [0.05, 0.1) is 28.3 Å². The maximum absolute atomic E-state index is 9.82. The zero-order valence-electron chi connectivity index (χ0n) is 30.1. The molecule has 8 aromatic carbocycles. The number of benzene rings is 8. The van der Waals surface area contributed by atoms with Crippen molar-refractivity contribution in [1.29, 1.82) is 5.26 Å². The van der Waals surface area contributed by atoms with E-state index in [1.807, 2.05) is 66.7 Å². The Kier molecular flexibility index (Phi) is 7.10. The number of nitriles is 1. The summed E-state index contributed by atoms with van der Waals surface area (Å²) < 4.78 is 6.87. The topological polar surface area (TPSA) is 58.8 Å².